The molecule has 1 N–H and O–H groups in total. The maximum absolute atomic E-state index is 12.5. The number of fused-ring (bicyclic) bond motifs is 1. The summed E-state index contributed by atoms with van der Waals surface area (Å²) in [6.45, 7) is 3.66. The smallest absolute Gasteiger partial charge is 0.300 e. The molecule has 6 nitrogen and oxygen atoms in total. The molecule has 7 heteroatoms. The molecule has 2 heterocycles. The van der Waals surface area contributed by atoms with Gasteiger partial charge in [-0.2, -0.15) is 0 Å². The highest BCUT2D eigenvalue weighted by molar-refractivity contribution is 7.13. The second-order valence-corrected chi connectivity index (χ2v) is 6.17. The molecule has 2 aromatic rings. The molecule has 0 spiro atoms. The van der Waals surface area contributed by atoms with Crippen LogP contribution in [0.5, 0.6) is 0 Å². The third-order valence-corrected chi connectivity index (χ3v) is 4.42. The molecule has 0 bridgehead atoms. The standard InChI is InChI=1S/C16H15N3O3S/c1-3-11(14(21)18-16-17-6-7-23-16)19-12-5-4-9(2)8-10(12)13(20)15(19)22/h4-8,11H,3H2,1-2H3,(H,17,18,21). The van der Waals surface area contributed by atoms with E-state index in [9.17, 15) is 14.4 Å². The van der Waals surface area contributed by atoms with Gasteiger partial charge in [-0.05, 0) is 25.5 Å². The van der Waals surface area contributed by atoms with Crippen molar-refractivity contribution in [3.8, 4) is 0 Å². The lowest BCUT2D eigenvalue weighted by Crippen LogP contribution is -2.46. The second-order valence-electron chi connectivity index (χ2n) is 5.28. The van der Waals surface area contributed by atoms with Gasteiger partial charge < -0.3 is 5.32 Å². The molecule has 1 aromatic heterocycles. The first kappa shape index (κ1) is 15.4. The van der Waals surface area contributed by atoms with Gasteiger partial charge in [0, 0.05) is 11.6 Å². The average molecular weight is 329 g/mol. The van der Waals surface area contributed by atoms with Crippen LogP contribution in [0.25, 0.3) is 0 Å². The van der Waals surface area contributed by atoms with Crippen molar-refractivity contribution in [2.24, 2.45) is 0 Å². The van der Waals surface area contributed by atoms with Crippen LogP contribution in [-0.4, -0.2) is 28.6 Å². The van der Waals surface area contributed by atoms with Gasteiger partial charge in [0.2, 0.25) is 5.91 Å². The molecule has 0 aliphatic carbocycles. The number of amides is 2. The van der Waals surface area contributed by atoms with Crippen LogP contribution in [0.1, 0.15) is 29.3 Å². The number of benzene rings is 1. The number of nitrogens with zero attached hydrogens (tertiary/aromatic N) is 2. The lowest BCUT2D eigenvalue weighted by Gasteiger charge is -2.25. The Morgan fingerprint density at radius 2 is 2.17 bits per heavy atom. The first-order valence-corrected chi connectivity index (χ1v) is 8.09. The monoisotopic (exact) mass is 329 g/mol. The van der Waals surface area contributed by atoms with Crippen molar-refractivity contribution in [3.63, 3.8) is 0 Å². The third-order valence-electron chi connectivity index (χ3n) is 3.73. The Morgan fingerprint density at radius 1 is 1.39 bits per heavy atom. The van der Waals surface area contributed by atoms with Crippen LogP contribution < -0.4 is 10.2 Å². The third kappa shape index (κ3) is 2.63. The summed E-state index contributed by atoms with van der Waals surface area (Å²) >= 11 is 1.30. The quantitative estimate of drug-likeness (QED) is 0.874. The van der Waals surface area contributed by atoms with Crippen molar-refractivity contribution >= 4 is 39.8 Å². The van der Waals surface area contributed by atoms with Gasteiger partial charge in [-0.15, -0.1) is 11.3 Å². The minimum absolute atomic E-state index is 0.350. The molecule has 1 aromatic carbocycles. The van der Waals surface area contributed by atoms with Crippen LogP contribution in [0.4, 0.5) is 10.8 Å². The fourth-order valence-electron chi connectivity index (χ4n) is 2.64. The Bertz CT molecular complexity index is 786. The molecular formula is C16H15N3O3S. The van der Waals surface area contributed by atoms with Gasteiger partial charge in [0.1, 0.15) is 6.04 Å². The molecule has 1 unspecified atom stereocenters. The number of Topliss-reactive ketones (excluding diaryl/α,β-unsaturated/α-hetero) is 1. The van der Waals surface area contributed by atoms with Crippen LogP contribution >= 0.6 is 11.3 Å². The summed E-state index contributed by atoms with van der Waals surface area (Å²) in [7, 11) is 0. The molecule has 1 aliphatic rings. The molecule has 118 valence electrons. The van der Waals surface area contributed by atoms with Gasteiger partial charge in [-0.25, -0.2) is 4.98 Å². The van der Waals surface area contributed by atoms with E-state index in [0.717, 1.165) is 5.56 Å². The molecular weight excluding hydrogens is 314 g/mol. The fourth-order valence-corrected chi connectivity index (χ4v) is 3.18. The zero-order valence-corrected chi connectivity index (χ0v) is 13.5. The summed E-state index contributed by atoms with van der Waals surface area (Å²) in [6.07, 6.45) is 1.98. The van der Waals surface area contributed by atoms with E-state index < -0.39 is 17.7 Å². The lowest BCUT2D eigenvalue weighted by molar-refractivity contribution is -0.121. The summed E-state index contributed by atoms with van der Waals surface area (Å²) in [5.74, 6) is -1.58. The van der Waals surface area contributed by atoms with Crippen molar-refractivity contribution in [1.82, 2.24) is 4.98 Å². The van der Waals surface area contributed by atoms with E-state index in [1.54, 1.807) is 30.6 Å². The van der Waals surface area contributed by atoms with Crippen LogP contribution in [0.3, 0.4) is 0 Å². The van der Waals surface area contributed by atoms with Crippen LogP contribution in [-0.2, 0) is 9.59 Å². The number of hydrogen-bond acceptors (Lipinski definition) is 5. The molecule has 0 saturated carbocycles. The van der Waals surface area contributed by atoms with Gasteiger partial charge >= 0.3 is 0 Å². The Hall–Kier alpha value is -2.54. The first-order chi connectivity index (χ1) is 11.0. The summed E-state index contributed by atoms with van der Waals surface area (Å²) in [5.41, 5.74) is 1.74. The molecule has 0 fully saturated rings. The van der Waals surface area contributed by atoms with Gasteiger partial charge in [0.15, 0.2) is 5.13 Å². The average Bonchev–Trinajstić information content (AvgIpc) is 3.11. The number of hydrogen-bond donors (Lipinski definition) is 1. The molecule has 0 radical (unpaired) electrons. The highest BCUT2D eigenvalue weighted by Crippen LogP contribution is 2.32. The van der Waals surface area contributed by atoms with Crippen molar-refractivity contribution < 1.29 is 14.4 Å². The van der Waals surface area contributed by atoms with Crippen molar-refractivity contribution in [3.05, 3.63) is 40.9 Å². The van der Waals surface area contributed by atoms with E-state index in [-0.39, 0.29) is 5.91 Å². The highest BCUT2D eigenvalue weighted by Gasteiger charge is 2.41. The molecule has 1 aliphatic heterocycles. The normalized spacial score (nSPS) is 14.8. The molecule has 1 atom stereocenters. The zero-order chi connectivity index (χ0) is 16.6. The number of anilines is 2. The summed E-state index contributed by atoms with van der Waals surface area (Å²) in [6, 6.07) is 4.47. The minimum Gasteiger partial charge on any atom is -0.300 e. The van der Waals surface area contributed by atoms with Gasteiger partial charge in [-0.1, -0.05) is 18.6 Å². The van der Waals surface area contributed by atoms with E-state index >= 15 is 0 Å². The molecule has 2 amide bonds. The summed E-state index contributed by atoms with van der Waals surface area (Å²) < 4.78 is 0. The van der Waals surface area contributed by atoms with Crippen molar-refractivity contribution in [1.29, 1.82) is 0 Å². The maximum Gasteiger partial charge on any atom is 0.300 e. The Kier molecular flexibility index (Phi) is 3.96. The van der Waals surface area contributed by atoms with Crippen LogP contribution in [0, 0.1) is 6.92 Å². The van der Waals surface area contributed by atoms with E-state index in [1.807, 2.05) is 13.0 Å². The Morgan fingerprint density at radius 3 is 2.83 bits per heavy atom. The number of thiazole rings is 1. The van der Waals surface area contributed by atoms with Crippen molar-refractivity contribution in [2.45, 2.75) is 26.3 Å². The van der Waals surface area contributed by atoms with Gasteiger partial charge in [0.25, 0.3) is 11.7 Å². The number of rotatable bonds is 4. The lowest BCUT2D eigenvalue weighted by atomic mass is 10.1. The van der Waals surface area contributed by atoms with E-state index in [2.05, 4.69) is 10.3 Å². The van der Waals surface area contributed by atoms with Gasteiger partial charge in [0.05, 0.1) is 11.3 Å². The van der Waals surface area contributed by atoms with Crippen LogP contribution in [0.2, 0.25) is 0 Å². The first-order valence-electron chi connectivity index (χ1n) is 7.21. The number of nitrogens with one attached hydrogen (secondary N) is 1. The highest BCUT2D eigenvalue weighted by atomic mass is 32.1. The molecule has 0 saturated heterocycles. The SMILES string of the molecule is CCC(C(=O)Nc1nccs1)N1C(=O)C(=O)c2cc(C)ccc21. The Labute approximate surface area is 137 Å². The van der Waals surface area contributed by atoms with Crippen molar-refractivity contribution in [2.75, 3.05) is 10.2 Å². The summed E-state index contributed by atoms with van der Waals surface area (Å²) in [4.78, 5) is 42.4. The minimum atomic E-state index is -0.751. The van der Waals surface area contributed by atoms with E-state index in [0.29, 0.717) is 22.8 Å². The predicted molar refractivity (Wildman–Crippen MR) is 87.8 cm³/mol. The van der Waals surface area contributed by atoms with E-state index in [1.165, 1.54) is 16.2 Å². The number of ketones is 1. The number of carbonyl (C=O) groups is 3. The number of aromatic nitrogens is 1. The Balaban J connectivity index is 1.94. The largest absolute Gasteiger partial charge is 0.300 e. The zero-order valence-electron chi connectivity index (χ0n) is 12.7. The maximum atomic E-state index is 12.5. The van der Waals surface area contributed by atoms with Gasteiger partial charge in [-0.3, -0.25) is 19.3 Å². The van der Waals surface area contributed by atoms with E-state index in [4.69, 9.17) is 0 Å². The fraction of sp³-hybridized carbons (Fsp3) is 0.250. The topological polar surface area (TPSA) is 79.4 Å². The van der Waals surface area contributed by atoms with Crippen LogP contribution in [0.15, 0.2) is 29.8 Å². The molecule has 3 rings (SSSR count). The number of aryl methyl sites for hydroxylation is 1. The molecule has 23 heavy (non-hydrogen) atoms. The summed E-state index contributed by atoms with van der Waals surface area (Å²) in [5, 5.41) is 4.91. The number of carbonyl (C=O) groups excluding carboxylic acids is 3. The predicted octanol–water partition coefficient (Wildman–Crippen LogP) is 2.40. The second kappa shape index (κ2) is 5.92.